The molecule has 1 saturated heterocycles. The molecule has 20 heavy (non-hydrogen) atoms. The van der Waals surface area contributed by atoms with E-state index in [1.54, 1.807) is 6.07 Å². The molecule has 0 unspecified atom stereocenters. The lowest BCUT2D eigenvalue weighted by Crippen LogP contribution is -3.17. The molecule has 1 aromatic carbocycles. The normalized spacial score (nSPS) is 24.2. The zero-order valence-electron chi connectivity index (χ0n) is 11.9. The van der Waals surface area contributed by atoms with E-state index in [1.807, 2.05) is 6.92 Å². The van der Waals surface area contributed by atoms with Crippen molar-refractivity contribution in [2.45, 2.75) is 32.7 Å². The van der Waals surface area contributed by atoms with Gasteiger partial charge in [0.2, 0.25) is 0 Å². The van der Waals surface area contributed by atoms with Crippen LogP contribution in [-0.4, -0.2) is 25.0 Å². The van der Waals surface area contributed by atoms with Crippen molar-refractivity contribution in [3.63, 3.8) is 0 Å². The number of hydrogen-bond donors (Lipinski definition) is 2. The summed E-state index contributed by atoms with van der Waals surface area (Å²) in [5, 5.41) is 2.98. The van der Waals surface area contributed by atoms with Crippen molar-refractivity contribution >= 4 is 23.2 Å². The van der Waals surface area contributed by atoms with E-state index < -0.39 is 5.82 Å². The molecule has 110 valence electrons. The number of hydrogen-bond acceptors (Lipinski definition) is 1. The Kier molecular flexibility index (Phi) is 5.00. The van der Waals surface area contributed by atoms with Gasteiger partial charge in [-0.15, -0.1) is 0 Å². The van der Waals surface area contributed by atoms with Gasteiger partial charge in [-0.25, -0.2) is 4.39 Å². The Balaban J connectivity index is 1.97. The van der Waals surface area contributed by atoms with Gasteiger partial charge >= 0.3 is 0 Å². The van der Waals surface area contributed by atoms with E-state index in [-0.39, 0.29) is 17.6 Å². The monoisotopic (exact) mass is 299 g/mol. The molecule has 1 aliphatic rings. The predicted octanol–water partition coefficient (Wildman–Crippen LogP) is 2.12. The van der Waals surface area contributed by atoms with Crippen LogP contribution in [0.4, 0.5) is 10.1 Å². The highest BCUT2D eigenvalue weighted by molar-refractivity contribution is 6.30. The number of anilines is 1. The quantitative estimate of drug-likeness (QED) is 0.881. The zero-order valence-corrected chi connectivity index (χ0v) is 12.6. The Hall–Kier alpha value is -1.13. The van der Waals surface area contributed by atoms with E-state index in [0.717, 1.165) is 31.8 Å². The lowest BCUT2D eigenvalue weighted by atomic mass is 9.98. The van der Waals surface area contributed by atoms with Crippen LogP contribution in [0.3, 0.4) is 0 Å². The van der Waals surface area contributed by atoms with Crippen LogP contribution in [0.5, 0.6) is 0 Å². The fourth-order valence-electron chi connectivity index (χ4n) is 2.58. The minimum atomic E-state index is -0.500. The fourth-order valence-corrected chi connectivity index (χ4v) is 2.74. The van der Waals surface area contributed by atoms with Crippen molar-refractivity contribution < 1.29 is 14.1 Å². The Labute approximate surface area is 124 Å². The highest BCUT2D eigenvalue weighted by atomic mass is 35.5. The average molecular weight is 300 g/mol. The van der Waals surface area contributed by atoms with Gasteiger partial charge in [0.15, 0.2) is 6.04 Å². The van der Waals surface area contributed by atoms with E-state index in [9.17, 15) is 9.18 Å². The van der Waals surface area contributed by atoms with Crippen LogP contribution in [0.1, 0.15) is 26.7 Å². The molecule has 0 aliphatic carbocycles. The second-order valence-electron chi connectivity index (χ2n) is 5.68. The summed E-state index contributed by atoms with van der Waals surface area (Å²) in [7, 11) is 0. The van der Waals surface area contributed by atoms with Gasteiger partial charge in [-0.05, 0) is 43.9 Å². The van der Waals surface area contributed by atoms with E-state index >= 15 is 0 Å². The first-order valence-electron chi connectivity index (χ1n) is 7.08. The predicted molar refractivity (Wildman–Crippen MR) is 78.6 cm³/mol. The largest absolute Gasteiger partial charge is 0.325 e. The van der Waals surface area contributed by atoms with Gasteiger partial charge < -0.3 is 10.2 Å². The summed E-state index contributed by atoms with van der Waals surface area (Å²) >= 11 is 5.69. The number of piperidine rings is 1. The third-order valence-corrected chi connectivity index (χ3v) is 4.35. The molecule has 2 rings (SSSR count). The lowest BCUT2D eigenvalue weighted by molar-refractivity contribution is -0.919. The smallest absolute Gasteiger partial charge is 0.282 e. The molecule has 0 bridgehead atoms. The van der Waals surface area contributed by atoms with E-state index in [0.29, 0.717) is 5.02 Å². The third-order valence-electron chi connectivity index (χ3n) is 4.11. The SMILES string of the molecule is CC1CC[NH+]([C@@H](C)C(=O)Nc2ccc(Cl)cc2F)CC1. The Morgan fingerprint density at radius 1 is 1.45 bits per heavy atom. The van der Waals surface area contributed by atoms with Crippen LogP contribution in [0.2, 0.25) is 5.02 Å². The van der Waals surface area contributed by atoms with Crippen LogP contribution in [0, 0.1) is 11.7 Å². The maximum atomic E-state index is 13.7. The van der Waals surface area contributed by atoms with Crippen molar-refractivity contribution in [3.8, 4) is 0 Å². The number of likely N-dealkylation sites (tertiary alicyclic amines) is 1. The van der Waals surface area contributed by atoms with Crippen molar-refractivity contribution in [1.29, 1.82) is 0 Å². The molecule has 1 fully saturated rings. The second kappa shape index (κ2) is 6.55. The molecule has 0 saturated carbocycles. The summed E-state index contributed by atoms with van der Waals surface area (Å²) in [6.07, 6.45) is 2.28. The standard InChI is InChI=1S/C15H20ClFN2O/c1-10-5-7-19(8-6-10)11(2)15(20)18-14-4-3-12(16)9-13(14)17/h3-4,9-11H,5-8H2,1-2H3,(H,18,20)/p+1/t11-/m0/s1. The highest BCUT2D eigenvalue weighted by Crippen LogP contribution is 2.18. The van der Waals surface area contributed by atoms with Crippen molar-refractivity contribution in [2.24, 2.45) is 5.92 Å². The summed E-state index contributed by atoms with van der Waals surface area (Å²) in [6, 6.07) is 4.10. The summed E-state index contributed by atoms with van der Waals surface area (Å²) in [4.78, 5) is 13.5. The number of halogens is 2. The second-order valence-corrected chi connectivity index (χ2v) is 6.11. The fraction of sp³-hybridized carbons (Fsp3) is 0.533. The van der Waals surface area contributed by atoms with Gasteiger partial charge in [-0.2, -0.15) is 0 Å². The summed E-state index contributed by atoms with van der Waals surface area (Å²) in [5.74, 6) is 0.0961. The van der Waals surface area contributed by atoms with Gasteiger partial charge in [0.05, 0.1) is 18.8 Å². The number of rotatable bonds is 3. The lowest BCUT2D eigenvalue weighted by Gasteiger charge is -2.31. The molecule has 1 amide bonds. The minimum absolute atomic E-state index is 0.143. The summed E-state index contributed by atoms with van der Waals surface area (Å²) < 4.78 is 13.7. The number of carbonyl (C=O) groups is 1. The Morgan fingerprint density at radius 2 is 2.10 bits per heavy atom. The van der Waals surface area contributed by atoms with Crippen molar-refractivity contribution in [2.75, 3.05) is 18.4 Å². The van der Waals surface area contributed by atoms with Gasteiger partial charge in [0.25, 0.3) is 5.91 Å². The summed E-state index contributed by atoms with van der Waals surface area (Å²) in [6.45, 7) is 6.14. The van der Waals surface area contributed by atoms with E-state index in [1.165, 1.54) is 17.0 Å². The Bertz CT molecular complexity index is 487. The topological polar surface area (TPSA) is 33.5 Å². The molecule has 1 atom stereocenters. The molecule has 2 N–H and O–H groups in total. The molecule has 0 aromatic heterocycles. The first kappa shape index (κ1) is 15.3. The van der Waals surface area contributed by atoms with E-state index in [2.05, 4.69) is 12.2 Å². The van der Waals surface area contributed by atoms with Gasteiger partial charge in [-0.3, -0.25) is 4.79 Å². The van der Waals surface area contributed by atoms with Crippen molar-refractivity contribution in [1.82, 2.24) is 0 Å². The number of amides is 1. The molecule has 5 heteroatoms. The minimum Gasteiger partial charge on any atom is -0.325 e. The molecule has 1 heterocycles. The van der Waals surface area contributed by atoms with Crippen LogP contribution < -0.4 is 10.2 Å². The third kappa shape index (κ3) is 3.70. The van der Waals surface area contributed by atoms with E-state index in [4.69, 9.17) is 11.6 Å². The molecule has 0 spiro atoms. The number of carbonyl (C=O) groups excluding carboxylic acids is 1. The van der Waals surface area contributed by atoms with Gasteiger partial charge in [0, 0.05) is 5.02 Å². The number of benzene rings is 1. The first-order valence-corrected chi connectivity index (χ1v) is 7.45. The molecule has 1 aromatic rings. The summed E-state index contributed by atoms with van der Waals surface area (Å²) in [5.41, 5.74) is 0.191. The molecular formula is C15H21ClFN2O+. The first-order chi connectivity index (χ1) is 9.47. The van der Waals surface area contributed by atoms with Gasteiger partial charge in [-0.1, -0.05) is 18.5 Å². The zero-order chi connectivity index (χ0) is 14.7. The molecule has 0 radical (unpaired) electrons. The molecule has 3 nitrogen and oxygen atoms in total. The van der Waals surface area contributed by atoms with Crippen LogP contribution in [0.15, 0.2) is 18.2 Å². The maximum absolute atomic E-state index is 13.7. The number of nitrogens with one attached hydrogen (secondary N) is 2. The average Bonchev–Trinajstić information content (AvgIpc) is 2.42. The molecule has 1 aliphatic heterocycles. The Morgan fingerprint density at radius 3 is 2.70 bits per heavy atom. The van der Waals surface area contributed by atoms with Crippen LogP contribution >= 0.6 is 11.6 Å². The van der Waals surface area contributed by atoms with Crippen molar-refractivity contribution in [3.05, 3.63) is 29.0 Å². The maximum Gasteiger partial charge on any atom is 0.282 e. The van der Waals surface area contributed by atoms with Gasteiger partial charge in [0.1, 0.15) is 5.82 Å². The highest BCUT2D eigenvalue weighted by Gasteiger charge is 2.29. The van der Waals surface area contributed by atoms with Crippen LogP contribution in [-0.2, 0) is 4.79 Å². The van der Waals surface area contributed by atoms with Crippen LogP contribution in [0.25, 0.3) is 0 Å². The number of quaternary nitrogens is 1. The molecular weight excluding hydrogens is 279 g/mol.